The molecular formula is C18H23N5O2S2. The quantitative estimate of drug-likeness (QED) is 0.658. The van der Waals surface area contributed by atoms with Crippen molar-refractivity contribution in [3.8, 4) is 0 Å². The molecule has 1 aromatic heterocycles. The fourth-order valence-corrected chi connectivity index (χ4v) is 4.34. The second-order valence-corrected chi connectivity index (χ2v) is 8.76. The lowest BCUT2D eigenvalue weighted by Crippen LogP contribution is -2.43. The Morgan fingerprint density at radius 3 is 2.44 bits per heavy atom. The number of thiocarbonyl (C=S) groups is 1. The van der Waals surface area contributed by atoms with Crippen molar-refractivity contribution in [1.29, 1.82) is 0 Å². The minimum absolute atomic E-state index is 0.0340. The van der Waals surface area contributed by atoms with Crippen LogP contribution in [0.15, 0.2) is 47.6 Å². The van der Waals surface area contributed by atoms with E-state index in [1.54, 1.807) is 18.2 Å². The number of anilines is 2. The first-order chi connectivity index (χ1) is 12.9. The smallest absolute Gasteiger partial charge is 0.264 e. The Labute approximate surface area is 165 Å². The second kappa shape index (κ2) is 8.62. The average Bonchev–Trinajstić information content (AvgIpc) is 2.64. The van der Waals surface area contributed by atoms with Crippen LogP contribution in [0, 0.1) is 5.92 Å². The van der Waals surface area contributed by atoms with E-state index in [1.807, 2.05) is 0 Å². The summed E-state index contributed by atoms with van der Waals surface area (Å²) in [5, 5.41) is 7.04. The van der Waals surface area contributed by atoms with Crippen molar-refractivity contribution < 1.29 is 8.42 Å². The van der Waals surface area contributed by atoms with E-state index in [9.17, 15) is 8.42 Å². The Balaban J connectivity index is 1.60. The van der Waals surface area contributed by atoms with Gasteiger partial charge in [0.2, 0.25) is 5.95 Å². The lowest BCUT2D eigenvalue weighted by atomic mass is 9.86. The molecule has 0 amide bonds. The van der Waals surface area contributed by atoms with Crippen LogP contribution in [-0.4, -0.2) is 29.5 Å². The van der Waals surface area contributed by atoms with Gasteiger partial charge in [-0.15, -0.1) is 0 Å². The average molecular weight is 406 g/mol. The summed E-state index contributed by atoms with van der Waals surface area (Å²) in [5.41, 5.74) is 0.728. The number of hydrogen-bond acceptors (Lipinski definition) is 5. The Morgan fingerprint density at radius 2 is 1.78 bits per heavy atom. The zero-order valence-corrected chi connectivity index (χ0v) is 16.7. The molecule has 1 saturated carbocycles. The minimum atomic E-state index is -3.74. The van der Waals surface area contributed by atoms with Gasteiger partial charge >= 0.3 is 0 Å². The number of benzene rings is 1. The van der Waals surface area contributed by atoms with Gasteiger partial charge in [-0.1, -0.05) is 19.8 Å². The van der Waals surface area contributed by atoms with Crippen molar-refractivity contribution >= 4 is 39.0 Å². The fourth-order valence-electron chi connectivity index (χ4n) is 3.11. The van der Waals surface area contributed by atoms with Crippen LogP contribution in [-0.2, 0) is 10.0 Å². The summed E-state index contributed by atoms with van der Waals surface area (Å²) in [4.78, 5) is 7.86. The molecule has 1 heterocycles. The van der Waals surface area contributed by atoms with E-state index in [-0.39, 0.29) is 10.8 Å². The molecule has 27 heavy (non-hydrogen) atoms. The zero-order valence-electron chi connectivity index (χ0n) is 15.1. The van der Waals surface area contributed by atoms with E-state index in [1.165, 1.54) is 43.8 Å². The van der Waals surface area contributed by atoms with Gasteiger partial charge in [0.25, 0.3) is 10.0 Å². The third kappa shape index (κ3) is 5.36. The van der Waals surface area contributed by atoms with Crippen LogP contribution in [0.3, 0.4) is 0 Å². The first kappa shape index (κ1) is 19.5. The van der Waals surface area contributed by atoms with E-state index < -0.39 is 10.0 Å². The first-order valence-corrected chi connectivity index (χ1v) is 10.8. The summed E-state index contributed by atoms with van der Waals surface area (Å²) in [5.74, 6) is 0.629. The van der Waals surface area contributed by atoms with Crippen molar-refractivity contribution in [2.45, 2.75) is 43.5 Å². The SMILES string of the molecule is C[C@@H]1CCCC[C@H]1NC(=S)Nc1ccc(S(=O)(=O)Nc2ncccn2)cc1. The van der Waals surface area contributed by atoms with Crippen LogP contribution in [0.4, 0.5) is 11.6 Å². The Morgan fingerprint density at radius 1 is 1.11 bits per heavy atom. The molecule has 0 saturated heterocycles. The molecular weight excluding hydrogens is 382 g/mol. The monoisotopic (exact) mass is 405 g/mol. The number of hydrogen-bond donors (Lipinski definition) is 3. The zero-order chi connectivity index (χ0) is 19.3. The van der Waals surface area contributed by atoms with Crippen molar-refractivity contribution in [1.82, 2.24) is 15.3 Å². The molecule has 9 heteroatoms. The van der Waals surface area contributed by atoms with E-state index >= 15 is 0 Å². The molecule has 1 aliphatic rings. The molecule has 0 aliphatic heterocycles. The molecule has 2 aromatic rings. The van der Waals surface area contributed by atoms with Gasteiger partial charge in [-0.2, -0.15) is 0 Å². The summed E-state index contributed by atoms with van der Waals surface area (Å²) in [6.07, 6.45) is 7.77. The first-order valence-electron chi connectivity index (χ1n) is 8.91. The number of aromatic nitrogens is 2. The lowest BCUT2D eigenvalue weighted by Gasteiger charge is -2.30. The van der Waals surface area contributed by atoms with Gasteiger partial charge in [0.1, 0.15) is 0 Å². The normalized spacial score (nSPS) is 19.9. The standard InChI is InChI=1S/C18H23N5O2S2/c1-13-5-2-3-6-16(13)22-18(26)21-14-7-9-15(10-8-14)27(24,25)23-17-19-11-4-12-20-17/h4,7-13,16H,2-3,5-6H2,1H3,(H,19,20,23)(H2,21,22,26)/t13-,16-/m1/s1. The van der Waals surface area contributed by atoms with E-state index in [2.05, 4.69) is 32.2 Å². The third-order valence-electron chi connectivity index (χ3n) is 4.64. The minimum Gasteiger partial charge on any atom is -0.359 e. The van der Waals surface area contributed by atoms with Gasteiger partial charge in [0, 0.05) is 24.1 Å². The number of nitrogens with one attached hydrogen (secondary N) is 3. The van der Waals surface area contributed by atoms with E-state index in [4.69, 9.17) is 12.2 Å². The summed E-state index contributed by atoms with van der Waals surface area (Å²) in [7, 11) is -3.74. The Bertz CT molecular complexity index is 872. The Kier molecular flexibility index (Phi) is 6.22. The van der Waals surface area contributed by atoms with E-state index in [0.29, 0.717) is 17.1 Å². The predicted octanol–water partition coefficient (Wildman–Crippen LogP) is 3.14. The van der Waals surface area contributed by atoms with Crippen LogP contribution in [0.25, 0.3) is 0 Å². The van der Waals surface area contributed by atoms with Crippen LogP contribution >= 0.6 is 12.2 Å². The summed E-state index contributed by atoms with van der Waals surface area (Å²) in [6, 6.07) is 8.38. The largest absolute Gasteiger partial charge is 0.359 e. The summed E-state index contributed by atoms with van der Waals surface area (Å²) >= 11 is 5.39. The Hall–Kier alpha value is -2.26. The molecule has 1 aliphatic carbocycles. The number of nitrogens with zero attached hydrogens (tertiary/aromatic N) is 2. The molecule has 0 spiro atoms. The molecule has 7 nitrogen and oxygen atoms in total. The van der Waals surface area contributed by atoms with Crippen LogP contribution in [0.5, 0.6) is 0 Å². The maximum Gasteiger partial charge on any atom is 0.264 e. The highest BCUT2D eigenvalue weighted by Gasteiger charge is 2.21. The van der Waals surface area contributed by atoms with Crippen LogP contribution < -0.4 is 15.4 Å². The number of rotatable bonds is 5. The van der Waals surface area contributed by atoms with Crippen molar-refractivity contribution in [3.63, 3.8) is 0 Å². The molecule has 144 valence electrons. The van der Waals surface area contributed by atoms with Crippen molar-refractivity contribution in [2.75, 3.05) is 10.0 Å². The van der Waals surface area contributed by atoms with E-state index in [0.717, 1.165) is 12.1 Å². The summed E-state index contributed by atoms with van der Waals surface area (Å²) in [6.45, 7) is 2.24. The highest BCUT2D eigenvalue weighted by atomic mass is 32.2. The second-order valence-electron chi connectivity index (χ2n) is 6.67. The lowest BCUT2D eigenvalue weighted by molar-refractivity contribution is 0.309. The molecule has 2 atom stereocenters. The highest BCUT2D eigenvalue weighted by molar-refractivity contribution is 7.92. The molecule has 0 bridgehead atoms. The summed E-state index contributed by atoms with van der Waals surface area (Å²) < 4.78 is 27.1. The highest BCUT2D eigenvalue weighted by Crippen LogP contribution is 2.24. The van der Waals surface area contributed by atoms with Crippen molar-refractivity contribution in [3.05, 3.63) is 42.7 Å². The number of sulfonamides is 1. The predicted molar refractivity (Wildman–Crippen MR) is 110 cm³/mol. The fraction of sp³-hybridized carbons (Fsp3) is 0.389. The van der Waals surface area contributed by atoms with Gasteiger partial charge in [0.15, 0.2) is 5.11 Å². The third-order valence-corrected chi connectivity index (χ3v) is 6.21. The molecule has 3 N–H and O–H groups in total. The molecule has 3 rings (SSSR count). The van der Waals surface area contributed by atoms with Gasteiger partial charge < -0.3 is 10.6 Å². The molecule has 0 radical (unpaired) electrons. The van der Waals surface area contributed by atoms with Gasteiger partial charge in [-0.3, -0.25) is 0 Å². The van der Waals surface area contributed by atoms with Gasteiger partial charge in [0.05, 0.1) is 4.90 Å². The maximum absolute atomic E-state index is 12.4. The van der Waals surface area contributed by atoms with Crippen LogP contribution in [0.1, 0.15) is 32.6 Å². The molecule has 1 fully saturated rings. The maximum atomic E-state index is 12.4. The van der Waals surface area contributed by atoms with Crippen molar-refractivity contribution in [2.24, 2.45) is 5.92 Å². The topological polar surface area (TPSA) is 96.0 Å². The van der Waals surface area contributed by atoms with Gasteiger partial charge in [-0.25, -0.2) is 23.1 Å². The molecule has 1 aromatic carbocycles. The van der Waals surface area contributed by atoms with Gasteiger partial charge in [-0.05, 0) is 61.3 Å². The molecule has 0 unspecified atom stereocenters. The van der Waals surface area contributed by atoms with Crippen LogP contribution in [0.2, 0.25) is 0 Å².